The summed E-state index contributed by atoms with van der Waals surface area (Å²) in [5, 5.41) is 0. The molecule has 1 heterocycles. The fraction of sp³-hybridized carbons (Fsp3) is 0.545. The molecule has 0 saturated carbocycles. The minimum absolute atomic E-state index is 0.0376. The van der Waals surface area contributed by atoms with E-state index in [0.29, 0.717) is 18.2 Å². The number of amides is 1. The second-order valence-electron chi connectivity index (χ2n) is 4.01. The molecule has 0 bridgehead atoms. The summed E-state index contributed by atoms with van der Waals surface area (Å²) in [7, 11) is 3.47. The van der Waals surface area contributed by atoms with Crippen LogP contribution >= 0.6 is 0 Å². The summed E-state index contributed by atoms with van der Waals surface area (Å²) in [6, 6.07) is 1.68. The molecule has 0 radical (unpaired) electrons. The van der Waals surface area contributed by atoms with Crippen LogP contribution < -0.4 is 10.6 Å². The molecule has 6 heteroatoms. The standard InChI is InChI=1S/C11H19N5O/c1-4-5-16(7-11(17)15(2)3)10-6-9(12)13-8-14-10/h6,8H,4-5,7H2,1-3H3,(H2,12,13,14). The van der Waals surface area contributed by atoms with Gasteiger partial charge in [0.25, 0.3) is 0 Å². The zero-order chi connectivity index (χ0) is 12.8. The first-order chi connectivity index (χ1) is 8.04. The molecular weight excluding hydrogens is 218 g/mol. The van der Waals surface area contributed by atoms with E-state index in [1.54, 1.807) is 25.1 Å². The van der Waals surface area contributed by atoms with E-state index >= 15 is 0 Å². The first-order valence-corrected chi connectivity index (χ1v) is 5.57. The Morgan fingerprint density at radius 1 is 1.41 bits per heavy atom. The zero-order valence-corrected chi connectivity index (χ0v) is 10.6. The minimum atomic E-state index is 0.0376. The highest BCUT2D eigenvalue weighted by Gasteiger charge is 2.13. The maximum Gasteiger partial charge on any atom is 0.241 e. The molecular formula is C11H19N5O. The molecule has 1 aromatic rings. The van der Waals surface area contributed by atoms with E-state index in [9.17, 15) is 4.79 Å². The van der Waals surface area contributed by atoms with Crippen molar-refractivity contribution in [3.05, 3.63) is 12.4 Å². The zero-order valence-electron chi connectivity index (χ0n) is 10.6. The largest absolute Gasteiger partial charge is 0.384 e. The lowest BCUT2D eigenvalue weighted by molar-refractivity contribution is -0.127. The van der Waals surface area contributed by atoms with Gasteiger partial charge in [-0.05, 0) is 6.42 Å². The number of carbonyl (C=O) groups excluding carboxylic acids is 1. The van der Waals surface area contributed by atoms with Gasteiger partial charge in [0.2, 0.25) is 5.91 Å². The van der Waals surface area contributed by atoms with E-state index in [1.165, 1.54) is 6.33 Å². The summed E-state index contributed by atoms with van der Waals surface area (Å²) >= 11 is 0. The normalized spacial score (nSPS) is 10.1. The second-order valence-corrected chi connectivity index (χ2v) is 4.01. The van der Waals surface area contributed by atoms with Crippen LogP contribution in [-0.4, -0.2) is 48.0 Å². The Kier molecular flexibility index (Phi) is 4.68. The first kappa shape index (κ1) is 13.2. The van der Waals surface area contributed by atoms with E-state index in [4.69, 9.17) is 5.73 Å². The van der Waals surface area contributed by atoms with Gasteiger partial charge in [-0.3, -0.25) is 4.79 Å². The van der Waals surface area contributed by atoms with E-state index in [-0.39, 0.29) is 5.91 Å². The number of hydrogen-bond donors (Lipinski definition) is 1. The van der Waals surface area contributed by atoms with Crippen LogP contribution in [0.4, 0.5) is 11.6 Å². The van der Waals surface area contributed by atoms with Crippen LogP contribution in [-0.2, 0) is 4.79 Å². The molecule has 0 aromatic carbocycles. The maximum absolute atomic E-state index is 11.7. The Labute approximate surface area is 101 Å². The van der Waals surface area contributed by atoms with Gasteiger partial charge in [0.05, 0.1) is 6.54 Å². The summed E-state index contributed by atoms with van der Waals surface area (Å²) in [5.41, 5.74) is 5.61. The number of carbonyl (C=O) groups is 1. The third-order valence-corrected chi connectivity index (χ3v) is 2.32. The third-order valence-electron chi connectivity index (χ3n) is 2.32. The highest BCUT2D eigenvalue weighted by Crippen LogP contribution is 2.12. The lowest BCUT2D eigenvalue weighted by atomic mass is 10.3. The lowest BCUT2D eigenvalue weighted by Gasteiger charge is -2.24. The molecule has 0 atom stereocenters. The van der Waals surface area contributed by atoms with Crippen LogP contribution in [0, 0.1) is 0 Å². The van der Waals surface area contributed by atoms with E-state index in [1.807, 2.05) is 4.90 Å². The molecule has 0 unspecified atom stereocenters. The number of anilines is 2. The Balaban J connectivity index is 2.82. The molecule has 0 fully saturated rings. The molecule has 0 aliphatic rings. The number of aromatic nitrogens is 2. The highest BCUT2D eigenvalue weighted by molar-refractivity contribution is 5.80. The number of nitrogens with zero attached hydrogens (tertiary/aromatic N) is 4. The van der Waals surface area contributed by atoms with Crippen LogP contribution in [0.1, 0.15) is 13.3 Å². The predicted octanol–water partition coefficient (Wildman–Crippen LogP) is 0.363. The van der Waals surface area contributed by atoms with Crippen molar-refractivity contribution >= 4 is 17.5 Å². The monoisotopic (exact) mass is 237 g/mol. The summed E-state index contributed by atoms with van der Waals surface area (Å²) in [6.07, 6.45) is 2.35. The molecule has 94 valence electrons. The third kappa shape index (κ3) is 3.90. The van der Waals surface area contributed by atoms with Gasteiger partial charge in [0, 0.05) is 26.7 Å². The van der Waals surface area contributed by atoms with E-state index in [0.717, 1.165) is 13.0 Å². The molecule has 0 aliphatic heterocycles. The molecule has 17 heavy (non-hydrogen) atoms. The van der Waals surface area contributed by atoms with Gasteiger partial charge in [-0.15, -0.1) is 0 Å². The molecule has 6 nitrogen and oxygen atoms in total. The van der Waals surface area contributed by atoms with Gasteiger partial charge in [-0.25, -0.2) is 9.97 Å². The minimum Gasteiger partial charge on any atom is -0.384 e. The van der Waals surface area contributed by atoms with Crippen molar-refractivity contribution in [3.63, 3.8) is 0 Å². The fourth-order valence-corrected chi connectivity index (χ4v) is 1.38. The van der Waals surface area contributed by atoms with Crippen LogP contribution in [0.5, 0.6) is 0 Å². The second kappa shape index (κ2) is 6.03. The van der Waals surface area contributed by atoms with Crippen molar-refractivity contribution < 1.29 is 4.79 Å². The fourth-order valence-electron chi connectivity index (χ4n) is 1.38. The molecule has 2 N–H and O–H groups in total. The maximum atomic E-state index is 11.7. The number of hydrogen-bond acceptors (Lipinski definition) is 5. The van der Waals surface area contributed by atoms with Crippen molar-refractivity contribution in [3.8, 4) is 0 Å². The van der Waals surface area contributed by atoms with Crippen molar-refractivity contribution in [2.45, 2.75) is 13.3 Å². The smallest absolute Gasteiger partial charge is 0.241 e. The Morgan fingerprint density at radius 3 is 2.65 bits per heavy atom. The van der Waals surface area contributed by atoms with Crippen LogP contribution in [0.2, 0.25) is 0 Å². The molecule has 1 rings (SSSR count). The van der Waals surface area contributed by atoms with Gasteiger partial charge >= 0.3 is 0 Å². The van der Waals surface area contributed by atoms with E-state index < -0.39 is 0 Å². The number of nitrogens with two attached hydrogens (primary N) is 1. The molecule has 1 amide bonds. The Hall–Kier alpha value is -1.85. The van der Waals surface area contributed by atoms with Crippen molar-refractivity contribution in [1.29, 1.82) is 0 Å². The first-order valence-electron chi connectivity index (χ1n) is 5.57. The number of rotatable bonds is 5. The summed E-state index contributed by atoms with van der Waals surface area (Å²) < 4.78 is 0. The number of nitrogen functional groups attached to an aromatic ring is 1. The Morgan fingerprint density at radius 2 is 2.12 bits per heavy atom. The van der Waals surface area contributed by atoms with Gasteiger partial charge in [0.15, 0.2) is 0 Å². The van der Waals surface area contributed by atoms with Crippen molar-refractivity contribution in [2.75, 3.05) is 37.8 Å². The summed E-state index contributed by atoms with van der Waals surface area (Å²) in [5.74, 6) is 1.14. The predicted molar refractivity (Wildman–Crippen MR) is 67.6 cm³/mol. The van der Waals surface area contributed by atoms with Crippen LogP contribution in [0.25, 0.3) is 0 Å². The SMILES string of the molecule is CCCN(CC(=O)N(C)C)c1cc(N)ncn1. The topological polar surface area (TPSA) is 75.4 Å². The van der Waals surface area contributed by atoms with Gasteiger partial charge in [-0.1, -0.05) is 6.92 Å². The molecule has 0 spiro atoms. The molecule has 0 saturated heterocycles. The average molecular weight is 237 g/mol. The Bertz CT molecular complexity index is 380. The number of likely N-dealkylation sites (N-methyl/N-ethyl adjacent to an activating group) is 1. The van der Waals surface area contributed by atoms with Crippen LogP contribution in [0.3, 0.4) is 0 Å². The summed E-state index contributed by atoms with van der Waals surface area (Å²) in [6.45, 7) is 3.12. The quantitative estimate of drug-likeness (QED) is 0.800. The average Bonchev–Trinajstić information content (AvgIpc) is 2.28. The van der Waals surface area contributed by atoms with Gasteiger partial charge in [-0.2, -0.15) is 0 Å². The van der Waals surface area contributed by atoms with Crippen molar-refractivity contribution in [2.24, 2.45) is 0 Å². The van der Waals surface area contributed by atoms with Gasteiger partial charge in [0.1, 0.15) is 18.0 Å². The van der Waals surface area contributed by atoms with Crippen LogP contribution in [0.15, 0.2) is 12.4 Å². The molecule has 1 aromatic heterocycles. The summed E-state index contributed by atoms with van der Waals surface area (Å²) in [4.78, 5) is 23.1. The highest BCUT2D eigenvalue weighted by atomic mass is 16.2. The van der Waals surface area contributed by atoms with E-state index in [2.05, 4.69) is 16.9 Å². The molecule has 0 aliphatic carbocycles. The van der Waals surface area contributed by atoms with Gasteiger partial charge < -0.3 is 15.5 Å². The van der Waals surface area contributed by atoms with Crippen molar-refractivity contribution in [1.82, 2.24) is 14.9 Å². The lowest BCUT2D eigenvalue weighted by Crippen LogP contribution is -2.37.